The second-order valence-electron chi connectivity index (χ2n) is 15.3. The number of hydrogen-bond acceptors (Lipinski definition) is 5. The van der Waals surface area contributed by atoms with E-state index < -0.39 is 5.41 Å². The molecule has 3 aliphatic rings. The van der Waals surface area contributed by atoms with E-state index in [-0.39, 0.29) is 6.17 Å². The van der Waals surface area contributed by atoms with E-state index in [1.807, 2.05) is 29.5 Å². The number of thiophene rings is 1. The Morgan fingerprint density at radius 2 is 1.14 bits per heavy atom. The fourth-order valence-corrected chi connectivity index (χ4v) is 10.8. The first kappa shape index (κ1) is 33.1. The van der Waals surface area contributed by atoms with Gasteiger partial charge in [0.25, 0.3) is 0 Å². The SMILES string of the molecule is CN1C(c2ccc3c(c2)sc2ccccc23)=NC(c2ccccc2)=NC1c1ccc(-c2cccc3c2Oc2ccccc2C32c3ccccc3-c3ccccc32)cc1. The van der Waals surface area contributed by atoms with Crippen molar-refractivity contribution in [2.45, 2.75) is 11.6 Å². The number of fused-ring (bicyclic) bond motifs is 12. The van der Waals surface area contributed by atoms with Crippen molar-refractivity contribution in [2.24, 2.45) is 9.98 Å². The third-order valence-electron chi connectivity index (χ3n) is 12.2. The summed E-state index contributed by atoms with van der Waals surface area (Å²) >= 11 is 1.83. The second-order valence-corrected chi connectivity index (χ2v) is 16.4. The number of amidine groups is 2. The summed E-state index contributed by atoms with van der Waals surface area (Å²) in [6.45, 7) is 0. The summed E-state index contributed by atoms with van der Waals surface area (Å²) in [5.74, 6) is 3.41. The van der Waals surface area contributed by atoms with Gasteiger partial charge in [0.05, 0.1) is 5.41 Å². The van der Waals surface area contributed by atoms with E-state index in [0.717, 1.165) is 56.6 Å². The van der Waals surface area contributed by atoms with E-state index in [2.05, 4.69) is 182 Å². The Morgan fingerprint density at radius 3 is 1.93 bits per heavy atom. The lowest BCUT2D eigenvalue weighted by Gasteiger charge is -2.40. The van der Waals surface area contributed by atoms with Gasteiger partial charge in [0.1, 0.15) is 23.5 Å². The first-order valence-electron chi connectivity index (χ1n) is 19.7. The maximum Gasteiger partial charge on any atom is 0.159 e. The number of aliphatic imine (C=N–C) groups is 2. The quantitative estimate of drug-likeness (QED) is 0.179. The Hall–Kier alpha value is -7.08. The molecule has 9 aromatic rings. The summed E-state index contributed by atoms with van der Waals surface area (Å²) in [5.41, 5.74) is 12.2. The maximum atomic E-state index is 6.97. The van der Waals surface area contributed by atoms with Crippen molar-refractivity contribution in [1.82, 2.24) is 4.90 Å². The van der Waals surface area contributed by atoms with Crippen molar-refractivity contribution in [1.29, 1.82) is 0 Å². The summed E-state index contributed by atoms with van der Waals surface area (Å²) in [6, 6.07) is 67.5. The molecule has 0 radical (unpaired) electrons. The van der Waals surface area contributed by atoms with E-state index in [9.17, 15) is 0 Å². The molecule has 1 unspecified atom stereocenters. The molecule has 274 valence electrons. The van der Waals surface area contributed by atoms with Crippen LogP contribution in [0.15, 0.2) is 198 Å². The average molecular weight is 762 g/mol. The van der Waals surface area contributed by atoms with E-state index in [0.29, 0.717) is 0 Å². The molecule has 0 bridgehead atoms. The highest BCUT2D eigenvalue weighted by molar-refractivity contribution is 7.25. The van der Waals surface area contributed by atoms with Crippen molar-refractivity contribution in [3.05, 3.63) is 227 Å². The van der Waals surface area contributed by atoms with E-state index >= 15 is 0 Å². The Kier molecular flexibility index (Phi) is 7.26. The molecule has 0 saturated heterocycles. The molecule has 12 rings (SSSR count). The van der Waals surface area contributed by atoms with Gasteiger partial charge in [0.15, 0.2) is 5.84 Å². The lowest BCUT2D eigenvalue weighted by Crippen LogP contribution is -2.35. The molecular formula is C53H35N3OS. The van der Waals surface area contributed by atoms with Crippen molar-refractivity contribution >= 4 is 43.2 Å². The van der Waals surface area contributed by atoms with Crippen LogP contribution in [0.3, 0.4) is 0 Å². The van der Waals surface area contributed by atoms with E-state index in [1.165, 1.54) is 48.0 Å². The summed E-state index contributed by atoms with van der Waals surface area (Å²) < 4.78 is 9.52. The highest BCUT2D eigenvalue weighted by atomic mass is 32.1. The fourth-order valence-electron chi connectivity index (χ4n) is 9.62. The van der Waals surface area contributed by atoms with Crippen LogP contribution in [-0.2, 0) is 5.41 Å². The molecule has 1 atom stereocenters. The van der Waals surface area contributed by atoms with Crippen LogP contribution < -0.4 is 4.74 Å². The van der Waals surface area contributed by atoms with Crippen LogP contribution in [-0.4, -0.2) is 23.6 Å². The Balaban J connectivity index is 0.967. The Morgan fingerprint density at radius 1 is 0.517 bits per heavy atom. The number of hydrogen-bond donors (Lipinski definition) is 0. The van der Waals surface area contributed by atoms with Crippen LogP contribution in [0.2, 0.25) is 0 Å². The van der Waals surface area contributed by atoms with Gasteiger partial charge >= 0.3 is 0 Å². The second kappa shape index (κ2) is 12.7. The van der Waals surface area contributed by atoms with Gasteiger partial charge in [-0.2, -0.15) is 0 Å². The number of benzene rings is 8. The molecular weight excluding hydrogens is 727 g/mol. The van der Waals surface area contributed by atoms with Gasteiger partial charge in [-0.1, -0.05) is 170 Å². The molecule has 0 saturated carbocycles. The predicted octanol–water partition coefficient (Wildman–Crippen LogP) is 13.0. The van der Waals surface area contributed by atoms with Crippen molar-refractivity contribution < 1.29 is 4.74 Å². The molecule has 8 aromatic carbocycles. The first-order valence-corrected chi connectivity index (χ1v) is 20.6. The molecule has 3 heterocycles. The molecule has 4 nitrogen and oxygen atoms in total. The molecule has 1 spiro atoms. The van der Waals surface area contributed by atoms with Gasteiger partial charge in [-0.05, 0) is 51.6 Å². The average Bonchev–Trinajstić information content (AvgIpc) is 3.80. The normalized spacial score (nSPS) is 15.9. The van der Waals surface area contributed by atoms with Gasteiger partial charge in [-0.15, -0.1) is 11.3 Å². The fraction of sp³-hybridized carbons (Fsp3) is 0.0566. The lowest BCUT2D eigenvalue weighted by atomic mass is 9.65. The Bertz CT molecular complexity index is 3130. The van der Waals surface area contributed by atoms with Crippen LogP contribution >= 0.6 is 11.3 Å². The number of ether oxygens (including phenoxy) is 1. The van der Waals surface area contributed by atoms with E-state index in [4.69, 9.17) is 14.7 Å². The minimum atomic E-state index is -0.505. The van der Waals surface area contributed by atoms with Gasteiger partial charge in [-0.25, -0.2) is 9.98 Å². The van der Waals surface area contributed by atoms with Gasteiger partial charge in [0.2, 0.25) is 0 Å². The minimum Gasteiger partial charge on any atom is -0.456 e. The van der Waals surface area contributed by atoms with Crippen molar-refractivity contribution in [3.8, 4) is 33.8 Å². The molecule has 58 heavy (non-hydrogen) atoms. The molecule has 1 aliphatic carbocycles. The van der Waals surface area contributed by atoms with Crippen LogP contribution in [0.25, 0.3) is 42.4 Å². The monoisotopic (exact) mass is 761 g/mol. The summed E-state index contributed by atoms with van der Waals surface area (Å²) in [4.78, 5) is 12.7. The largest absolute Gasteiger partial charge is 0.456 e. The zero-order valence-electron chi connectivity index (χ0n) is 31.6. The molecule has 0 fully saturated rings. The van der Waals surface area contributed by atoms with E-state index in [1.54, 1.807) is 0 Å². The first-order chi connectivity index (χ1) is 28.7. The van der Waals surface area contributed by atoms with Gasteiger partial charge in [0, 0.05) is 55.0 Å². The zero-order valence-corrected chi connectivity index (χ0v) is 32.4. The number of para-hydroxylation sites is 2. The maximum absolute atomic E-state index is 6.97. The summed E-state index contributed by atoms with van der Waals surface area (Å²) in [6.07, 6.45) is -0.280. The predicted molar refractivity (Wildman–Crippen MR) is 239 cm³/mol. The standard InChI is InChI=1S/C53H35N3OS/c1-56-51(54-50(34-14-3-2-4-15-34)55-52(56)36-30-31-41-40-18-7-12-25-47(40)58-48(41)32-36)35-28-26-33(27-29-35)37-19-13-23-45-49(37)57-46-24-11-10-22-44(46)53(45)42-20-8-5-16-38(42)39-17-6-9-21-43(39)53/h2-32,51H,1H3. The van der Waals surface area contributed by atoms with Crippen LogP contribution in [0, 0.1) is 0 Å². The third-order valence-corrected chi connectivity index (χ3v) is 13.4. The molecule has 2 aliphatic heterocycles. The smallest absolute Gasteiger partial charge is 0.159 e. The highest BCUT2D eigenvalue weighted by Gasteiger charge is 2.51. The number of rotatable bonds is 4. The van der Waals surface area contributed by atoms with Crippen LogP contribution in [0.1, 0.15) is 45.1 Å². The minimum absolute atomic E-state index is 0.280. The van der Waals surface area contributed by atoms with Crippen molar-refractivity contribution in [3.63, 3.8) is 0 Å². The third kappa shape index (κ3) is 4.74. The Labute approximate surface area is 340 Å². The number of nitrogens with zero attached hydrogens (tertiary/aromatic N) is 3. The molecule has 5 heteroatoms. The summed E-state index contributed by atoms with van der Waals surface area (Å²) in [5, 5.41) is 2.56. The zero-order chi connectivity index (χ0) is 38.4. The van der Waals surface area contributed by atoms with Crippen LogP contribution in [0.5, 0.6) is 11.5 Å². The summed E-state index contributed by atoms with van der Waals surface area (Å²) in [7, 11) is 2.10. The topological polar surface area (TPSA) is 37.2 Å². The van der Waals surface area contributed by atoms with Gasteiger partial charge in [-0.3, -0.25) is 0 Å². The van der Waals surface area contributed by atoms with Gasteiger partial charge < -0.3 is 9.64 Å². The highest BCUT2D eigenvalue weighted by Crippen LogP contribution is 2.63. The molecule has 1 aromatic heterocycles. The molecule has 0 N–H and O–H groups in total. The molecule has 0 amide bonds. The lowest BCUT2D eigenvalue weighted by molar-refractivity contribution is 0.383. The van der Waals surface area contributed by atoms with Crippen LogP contribution in [0.4, 0.5) is 0 Å². The van der Waals surface area contributed by atoms with Crippen molar-refractivity contribution in [2.75, 3.05) is 7.05 Å².